The lowest BCUT2D eigenvalue weighted by molar-refractivity contribution is 0.0926. The molecule has 0 bridgehead atoms. The van der Waals surface area contributed by atoms with E-state index in [9.17, 15) is 4.79 Å². The first-order chi connectivity index (χ1) is 7.25. The summed E-state index contributed by atoms with van der Waals surface area (Å²) in [5.41, 5.74) is 2.42. The second-order valence-corrected chi connectivity index (χ2v) is 4.06. The third-order valence-corrected chi connectivity index (χ3v) is 2.79. The van der Waals surface area contributed by atoms with Gasteiger partial charge < -0.3 is 10.1 Å². The number of aromatic nitrogens is 1. The Morgan fingerprint density at radius 2 is 2.47 bits per heavy atom. The van der Waals surface area contributed by atoms with Crippen LogP contribution < -0.4 is 5.32 Å². The normalized spacial score (nSPS) is 10.3. The van der Waals surface area contributed by atoms with Crippen molar-refractivity contribution in [3.8, 4) is 0 Å². The lowest BCUT2D eigenvalue weighted by atomic mass is 10.4. The summed E-state index contributed by atoms with van der Waals surface area (Å²) in [6.45, 7) is 3.30. The monoisotopic (exact) mass is 248 g/mol. The van der Waals surface area contributed by atoms with Crippen LogP contribution in [-0.4, -0.2) is 36.5 Å². The van der Waals surface area contributed by atoms with E-state index in [0.29, 0.717) is 30.5 Å². The molecular weight excluding hydrogens is 236 g/mol. The molecule has 0 aliphatic rings. The number of halogens is 1. The van der Waals surface area contributed by atoms with Crippen LogP contribution in [0.1, 0.15) is 15.4 Å². The molecule has 0 radical (unpaired) electrons. The Morgan fingerprint density at radius 3 is 3.07 bits per heavy atom. The van der Waals surface area contributed by atoms with Crippen molar-refractivity contribution in [3.05, 3.63) is 16.1 Å². The number of alkyl halides is 1. The number of nitrogens with one attached hydrogen (secondary N) is 1. The number of thiazole rings is 1. The van der Waals surface area contributed by atoms with E-state index in [-0.39, 0.29) is 5.91 Å². The van der Waals surface area contributed by atoms with Gasteiger partial charge in [0, 0.05) is 12.4 Å². The summed E-state index contributed by atoms with van der Waals surface area (Å²) in [5, 5.41) is 2.75. The van der Waals surface area contributed by atoms with Crippen LogP contribution in [0.5, 0.6) is 0 Å². The van der Waals surface area contributed by atoms with Gasteiger partial charge in [0.15, 0.2) is 0 Å². The number of nitrogens with zero attached hydrogens (tertiary/aromatic N) is 1. The van der Waals surface area contributed by atoms with E-state index < -0.39 is 0 Å². The second-order valence-electron chi connectivity index (χ2n) is 2.82. The molecular formula is C9H13ClN2O2S. The molecule has 1 amide bonds. The third-order valence-electron chi connectivity index (χ3n) is 1.71. The Bertz CT molecular complexity index is 317. The van der Waals surface area contributed by atoms with Crippen LogP contribution in [-0.2, 0) is 4.74 Å². The molecule has 0 unspecified atom stereocenters. The van der Waals surface area contributed by atoms with E-state index in [2.05, 4.69) is 10.3 Å². The summed E-state index contributed by atoms with van der Waals surface area (Å²) in [5.74, 6) is 0.381. The molecule has 0 aliphatic carbocycles. The first kappa shape index (κ1) is 12.4. The van der Waals surface area contributed by atoms with Crippen LogP contribution in [0.3, 0.4) is 0 Å². The zero-order valence-corrected chi connectivity index (χ0v) is 10.0. The van der Waals surface area contributed by atoms with Crippen molar-refractivity contribution >= 4 is 28.8 Å². The minimum Gasteiger partial charge on any atom is -0.378 e. The van der Waals surface area contributed by atoms with Crippen LogP contribution in [0.15, 0.2) is 5.51 Å². The quantitative estimate of drug-likeness (QED) is 0.612. The van der Waals surface area contributed by atoms with Gasteiger partial charge in [0.1, 0.15) is 4.88 Å². The van der Waals surface area contributed by atoms with E-state index in [0.717, 1.165) is 5.69 Å². The van der Waals surface area contributed by atoms with Crippen LogP contribution in [0, 0.1) is 6.92 Å². The summed E-state index contributed by atoms with van der Waals surface area (Å²) in [6, 6.07) is 0. The fourth-order valence-corrected chi connectivity index (χ4v) is 1.82. The molecule has 1 rings (SSSR count). The number of hydrogen-bond donors (Lipinski definition) is 1. The number of ether oxygens (including phenoxy) is 1. The number of carbonyl (C=O) groups excluding carboxylic acids is 1. The van der Waals surface area contributed by atoms with E-state index in [1.807, 2.05) is 6.92 Å². The maximum Gasteiger partial charge on any atom is 0.263 e. The smallest absolute Gasteiger partial charge is 0.263 e. The van der Waals surface area contributed by atoms with Crippen molar-refractivity contribution in [2.24, 2.45) is 0 Å². The highest BCUT2D eigenvalue weighted by Crippen LogP contribution is 2.10. The minimum absolute atomic E-state index is 0.0931. The van der Waals surface area contributed by atoms with Crippen molar-refractivity contribution in [2.45, 2.75) is 6.92 Å². The average molecular weight is 249 g/mol. The average Bonchev–Trinajstić information content (AvgIpc) is 2.64. The van der Waals surface area contributed by atoms with Gasteiger partial charge in [-0.25, -0.2) is 4.98 Å². The van der Waals surface area contributed by atoms with Gasteiger partial charge >= 0.3 is 0 Å². The summed E-state index contributed by atoms with van der Waals surface area (Å²) < 4.78 is 5.12. The highest BCUT2D eigenvalue weighted by molar-refractivity contribution is 7.11. The highest BCUT2D eigenvalue weighted by atomic mass is 35.5. The maximum absolute atomic E-state index is 11.5. The molecule has 0 fully saturated rings. The minimum atomic E-state index is -0.0931. The van der Waals surface area contributed by atoms with Crippen molar-refractivity contribution < 1.29 is 9.53 Å². The molecule has 4 nitrogen and oxygen atoms in total. The van der Waals surface area contributed by atoms with E-state index in [4.69, 9.17) is 16.3 Å². The molecule has 84 valence electrons. The first-order valence-corrected chi connectivity index (χ1v) is 5.99. The Morgan fingerprint density at radius 1 is 1.67 bits per heavy atom. The van der Waals surface area contributed by atoms with E-state index in [1.165, 1.54) is 11.3 Å². The number of carbonyl (C=O) groups is 1. The molecule has 1 N–H and O–H groups in total. The lowest BCUT2D eigenvalue weighted by Gasteiger charge is -2.04. The molecule has 0 aromatic carbocycles. The van der Waals surface area contributed by atoms with Gasteiger partial charge in [0.25, 0.3) is 5.91 Å². The van der Waals surface area contributed by atoms with E-state index >= 15 is 0 Å². The Hall–Kier alpha value is -0.650. The maximum atomic E-state index is 11.5. The van der Waals surface area contributed by atoms with Gasteiger partial charge in [-0.2, -0.15) is 0 Å². The largest absolute Gasteiger partial charge is 0.378 e. The SMILES string of the molecule is Cc1ncsc1C(=O)NCCOCCCl. The summed E-state index contributed by atoms with van der Waals surface area (Å²) >= 11 is 6.77. The number of aryl methyl sites for hydroxylation is 1. The van der Waals surface area contributed by atoms with Gasteiger partial charge in [0.2, 0.25) is 0 Å². The molecule has 15 heavy (non-hydrogen) atoms. The van der Waals surface area contributed by atoms with Gasteiger partial charge in [-0.05, 0) is 6.92 Å². The topological polar surface area (TPSA) is 51.2 Å². The number of hydrogen-bond acceptors (Lipinski definition) is 4. The van der Waals surface area contributed by atoms with Crippen molar-refractivity contribution in [2.75, 3.05) is 25.6 Å². The summed E-state index contributed by atoms with van der Waals surface area (Å²) in [6.07, 6.45) is 0. The zero-order valence-electron chi connectivity index (χ0n) is 8.46. The summed E-state index contributed by atoms with van der Waals surface area (Å²) in [7, 11) is 0. The zero-order chi connectivity index (χ0) is 11.1. The van der Waals surface area contributed by atoms with Gasteiger partial charge in [-0.1, -0.05) is 0 Å². The third kappa shape index (κ3) is 4.15. The predicted molar refractivity (Wildman–Crippen MR) is 60.7 cm³/mol. The van der Waals surface area contributed by atoms with Crippen molar-refractivity contribution in [1.82, 2.24) is 10.3 Å². The molecule has 0 atom stereocenters. The van der Waals surface area contributed by atoms with Gasteiger partial charge in [-0.3, -0.25) is 4.79 Å². The fraction of sp³-hybridized carbons (Fsp3) is 0.556. The fourth-order valence-electron chi connectivity index (χ4n) is 0.993. The van der Waals surface area contributed by atoms with E-state index in [1.54, 1.807) is 5.51 Å². The molecule has 1 heterocycles. The van der Waals surface area contributed by atoms with Gasteiger partial charge in [-0.15, -0.1) is 22.9 Å². The predicted octanol–water partition coefficient (Wildman–Crippen LogP) is 1.44. The Balaban J connectivity index is 2.22. The van der Waals surface area contributed by atoms with Crippen LogP contribution >= 0.6 is 22.9 Å². The molecule has 0 saturated heterocycles. The standard InChI is InChI=1S/C9H13ClN2O2S/c1-7-8(15-6-12-7)9(13)11-3-5-14-4-2-10/h6H,2-5H2,1H3,(H,11,13). The van der Waals surface area contributed by atoms with Crippen LogP contribution in [0.2, 0.25) is 0 Å². The second kappa shape index (κ2) is 6.76. The Kier molecular flexibility index (Phi) is 5.60. The molecule has 0 spiro atoms. The summed E-state index contributed by atoms with van der Waals surface area (Å²) in [4.78, 5) is 16.2. The molecule has 1 aromatic heterocycles. The molecule has 0 aliphatic heterocycles. The van der Waals surface area contributed by atoms with Crippen molar-refractivity contribution in [1.29, 1.82) is 0 Å². The molecule has 1 aromatic rings. The lowest BCUT2D eigenvalue weighted by Crippen LogP contribution is -2.27. The highest BCUT2D eigenvalue weighted by Gasteiger charge is 2.10. The molecule has 6 heteroatoms. The number of amides is 1. The van der Waals surface area contributed by atoms with Crippen LogP contribution in [0.25, 0.3) is 0 Å². The van der Waals surface area contributed by atoms with Gasteiger partial charge in [0.05, 0.1) is 24.4 Å². The van der Waals surface area contributed by atoms with Crippen molar-refractivity contribution in [3.63, 3.8) is 0 Å². The Labute approximate surface area is 97.6 Å². The molecule has 0 saturated carbocycles. The van der Waals surface area contributed by atoms with Crippen LogP contribution in [0.4, 0.5) is 0 Å². The number of rotatable bonds is 6. The first-order valence-electron chi connectivity index (χ1n) is 4.57.